The van der Waals surface area contributed by atoms with Crippen molar-refractivity contribution in [2.45, 2.75) is 59.6 Å². The highest BCUT2D eigenvalue weighted by Gasteiger charge is 2.29. The summed E-state index contributed by atoms with van der Waals surface area (Å²) in [6.07, 6.45) is 0.562. The SMILES string of the molecule is CCc1ccc(OC(C)C(=O)c2c(C)c(C#N)c(=O)n(C(C)CC)c2O)cc1. The maximum atomic E-state index is 13.0. The zero-order chi connectivity index (χ0) is 21.0. The van der Waals surface area contributed by atoms with Gasteiger partial charge < -0.3 is 9.84 Å². The number of aromatic nitrogens is 1. The molecule has 0 aliphatic heterocycles. The van der Waals surface area contributed by atoms with E-state index in [1.807, 2.05) is 32.0 Å². The Kier molecular flexibility index (Phi) is 6.63. The van der Waals surface area contributed by atoms with Crippen LogP contribution in [0.5, 0.6) is 11.6 Å². The lowest BCUT2D eigenvalue weighted by Crippen LogP contribution is -2.32. The second-order valence-electron chi connectivity index (χ2n) is 6.86. The number of aryl methyl sites for hydroxylation is 1. The topological polar surface area (TPSA) is 92.3 Å². The molecular weight excluding hydrogens is 356 g/mol. The van der Waals surface area contributed by atoms with Gasteiger partial charge in [0, 0.05) is 6.04 Å². The first-order valence-corrected chi connectivity index (χ1v) is 9.44. The van der Waals surface area contributed by atoms with E-state index in [9.17, 15) is 20.0 Å². The zero-order valence-electron chi connectivity index (χ0n) is 16.9. The van der Waals surface area contributed by atoms with Crippen LogP contribution < -0.4 is 10.3 Å². The van der Waals surface area contributed by atoms with Gasteiger partial charge in [-0.3, -0.25) is 14.2 Å². The second kappa shape index (κ2) is 8.75. The minimum atomic E-state index is -0.897. The molecule has 28 heavy (non-hydrogen) atoms. The van der Waals surface area contributed by atoms with Gasteiger partial charge in [-0.05, 0) is 56.9 Å². The van der Waals surface area contributed by atoms with E-state index < -0.39 is 23.3 Å². The number of carbonyl (C=O) groups is 1. The van der Waals surface area contributed by atoms with E-state index >= 15 is 0 Å². The lowest BCUT2D eigenvalue weighted by atomic mass is 9.98. The number of nitrogens with zero attached hydrogens (tertiary/aromatic N) is 2. The Hall–Kier alpha value is -3.07. The van der Waals surface area contributed by atoms with Crippen molar-refractivity contribution >= 4 is 5.78 Å². The van der Waals surface area contributed by atoms with Crippen LogP contribution >= 0.6 is 0 Å². The molecule has 0 radical (unpaired) electrons. The lowest BCUT2D eigenvalue weighted by molar-refractivity contribution is 0.0812. The van der Waals surface area contributed by atoms with Crippen LogP contribution in [-0.2, 0) is 6.42 Å². The summed E-state index contributed by atoms with van der Waals surface area (Å²) in [5.41, 5.74) is 0.549. The lowest BCUT2D eigenvalue weighted by Gasteiger charge is -2.21. The Morgan fingerprint density at radius 3 is 2.36 bits per heavy atom. The molecule has 2 rings (SSSR count). The third-order valence-electron chi connectivity index (χ3n) is 5.04. The highest BCUT2D eigenvalue weighted by Crippen LogP contribution is 2.28. The fraction of sp³-hybridized carbons (Fsp3) is 0.409. The number of pyridine rings is 1. The molecule has 0 saturated carbocycles. The van der Waals surface area contributed by atoms with Crippen molar-refractivity contribution in [3.63, 3.8) is 0 Å². The van der Waals surface area contributed by atoms with E-state index in [1.54, 1.807) is 26.0 Å². The zero-order valence-corrected chi connectivity index (χ0v) is 16.9. The summed E-state index contributed by atoms with van der Waals surface area (Å²) >= 11 is 0. The van der Waals surface area contributed by atoms with Gasteiger partial charge in [-0.1, -0.05) is 26.0 Å². The van der Waals surface area contributed by atoms with Crippen LogP contribution in [0.1, 0.15) is 67.2 Å². The van der Waals surface area contributed by atoms with E-state index in [0.717, 1.165) is 16.6 Å². The standard InChI is InChI=1S/C22H26N2O4/c1-6-13(3)24-21(26)18(12-23)14(4)19(22(24)27)20(25)15(5)28-17-10-8-16(7-2)9-11-17/h8-11,13,15,27H,6-7H2,1-5H3. The third-order valence-corrected chi connectivity index (χ3v) is 5.04. The van der Waals surface area contributed by atoms with Gasteiger partial charge in [-0.15, -0.1) is 0 Å². The molecule has 0 aliphatic rings. The second-order valence-corrected chi connectivity index (χ2v) is 6.86. The largest absolute Gasteiger partial charge is 0.494 e. The Labute approximate surface area is 165 Å². The molecule has 148 valence electrons. The van der Waals surface area contributed by atoms with Gasteiger partial charge in [0.25, 0.3) is 5.56 Å². The van der Waals surface area contributed by atoms with Crippen LogP contribution in [0.3, 0.4) is 0 Å². The number of carbonyl (C=O) groups excluding carboxylic acids is 1. The molecule has 0 bridgehead atoms. The summed E-state index contributed by atoms with van der Waals surface area (Å²) in [5.74, 6) is -0.369. The summed E-state index contributed by atoms with van der Waals surface area (Å²) in [7, 11) is 0. The minimum Gasteiger partial charge on any atom is -0.494 e. The van der Waals surface area contributed by atoms with Gasteiger partial charge in [0.05, 0.1) is 5.56 Å². The van der Waals surface area contributed by atoms with Crippen molar-refractivity contribution in [2.75, 3.05) is 0 Å². The fourth-order valence-electron chi connectivity index (χ4n) is 3.07. The quantitative estimate of drug-likeness (QED) is 0.733. The van der Waals surface area contributed by atoms with Crippen LogP contribution in [0.15, 0.2) is 29.1 Å². The minimum absolute atomic E-state index is 0.0471. The van der Waals surface area contributed by atoms with Crippen molar-refractivity contribution in [2.24, 2.45) is 0 Å². The Bertz CT molecular complexity index is 968. The number of hydrogen-bond acceptors (Lipinski definition) is 5. The maximum absolute atomic E-state index is 13.0. The molecule has 2 aromatic rings. The summed E-state index contributed by atoms with van der Waals surface area (Å²) in [4.78, 5) is 25.6. The summed E-state index contributed by atoms with van der Waals surface area (Å²) in [6, 6.07) is 8.93. The highest BCUT2D eigenvalue weighted by atomic mass is 16.5. The number of Topliss-reactive ketones (excluding diaryl/α,β-unsaturated/α-hetero) is 1. The van der Waals surface area contributed by atoms with E-state index in [-0.39, 0.29) is 22.7 Å². The van der Waals surface area contributed by atoms with Crippen molar-refractivity contribution in [1.82, 2.24) is 4.57 Å². The van der Waals surface area contributed by atoms with Crippen molar-refractivity contribution in [1.29, 1.82) is 5.26 Å². The molecule has 0 fully saturated rings. The molecular formula is C22H26N2O4. The normalized spacial score (nSPS) is 12.9. The molecule has 6 heteroatoms. The summed E-state index contributed by atoms with van der Waals surface area (Å²) in [5, 5.41) is 20.1. The number of benzene rings is 1. The average molecular weight is 382 g/mol. The van der Waals surface area contributed by atoms with E-state index in [1.165, 1.54) is 6.92 Å². The first-order valence-electron chi connectivity index (χ1n) is 9.44. The molecule has 1 aromatic heterocycles. The van der Waals surface area contributed by atoms with Gasteiger partial charge in [0.2, 0.25) is 11.7 Å². The number of nitriles is 1. The first-order chi connectivity index (χ1) is 13.3. The number of hydrogen-bond donors (Lipinski definition) is 1. The molecule has 0 spiro atoms. The van der Waals surface area contributed by atoms with Crippen LogP contribution in [0.25, 0.3) is 0 Å². The number of ketones is 1. The van der Waals surface area contributed by atoms with Crippen LogP contribution in [0.4, 0.5) is 0 Å². The monoisotopic (exact) mass is 382 g/mol. The molecule has 2 atom stereocenters. The Balaban J connectivity index is 2.48. The molecule has 6 nitrogen and oxygen atoms in total. The van der Waals surface area contributed by atoms with Gasteiger partial charge in [-0.2, -0.15) is 5.26 Å². The van der Waals surface area contributed by atoms with Crippen molar-refractivity contribution in [3.8, 4) is 17.7 Å². The number of rotatable bonds is 7. The maximum Gasteiger partial charge on any atom is 0.271 e. The van der Waals surface area contributed by atoms with Gasteiger partial charge in [0.15, 0.2) is 6.10 Å². The van der Waals surface area contributed by atoms with E-state index in [0.29, 0.717) is 12.2 Å². The van der Waals surface area contributed by atoms with Gasteiger partial charge >= 0.3 is 0 Å². The Morgan fingerprint density at radius 2 is 1.86 bits per heavy atom. The van der Waals surface area contributed by atoms with Crippen molar-refractivity contribution < 1.29 is 14.6 Å². The fourth-order valence-corrected chi connectivity index (χ4v) is 3.07. The van der Waals surface area contributed by atoms with Crippen LogP contribution in [0, 0.1) is 18.3 Å². The number of aromatic hydroxyl groups is 1. The molecule has 0 saturated heterocycles. The first kappa shape index (κ1) is 21.2. The van der Waals surface area contributed by atoms with E-state index in [4.69, 9.17) is 4.74 Å². The molecule has 1 N–H and O–H groups in total. The van der Waals surface area contributed by atoms with Crippen LogP contribution in [-0.4, -0.2) is 21.6 Å². The molecule has 1 aromatic carbocycles. The smallest absolute Gasteiger partial charge is 0.271 e. The molecule has 0 amide bonds. The summed E-state index contributed by atoms with van der Waals surface area (Å²) in [6.45, 7) is 8.74. The van der Waals surface area contributed by atoms with E-state index in [2.05, 4.69) is 0 Å². The molecule has 1 heterocycles. The highest BCUT2D eigenvalue weighted by molar-refractivity contribution is 6.03. The third kappa shape index (κ3) is 3.94. The predicted octanol–water partition coefficient (Wildman–Crippen LogP) is 3.92. The number of ether oxygens (including phenoxy) is 1. The molecule has 0 aliphatic carbocycles. The average Bonchev–Trinajstić information content (AvgIpc) is 2.68. The predicted molar refractivity (Wildman–Crippen MR) is 107 cm³/mol. The Morgan fingerprint density at radius 1 is 1.25 bits per heavy atom. The van der Waals surface area contributed by atoms with Crippen molar-refractivity contribution in [3.05, 3.63) is 56.9 Å². The van der Waals surface area contributed by atoms with Gasteiger partial charge in [-0.25, -0.2) is 0 Å². The van der Waals surface area contributed by atoms with Crippen LogP contribution in [0.2, 0.25) is 0 Å². The summed E-state index contributed by atoms with van der Waals surface area (Å²) < 4.78 is 6.85. The van der Waals surface area contributed by atoms with Gasteiger partial charge in [0.1, 0.15) is 17.4 Å². The molecule has 2 unspecified atom stereocenters.